The Morgan fingerprint density at radius 1 is 0.955 bits per heavy atom. The van der Waals surface area contributed by atoms with Gasteiger partial charge in [0, 0.05) is 49.0 Å². The van der Waals surface area contributed by atoms with E-state index in [4.69, 9.17) is 23.2 Å². The van der Waals surface area contributed by atoms with Gasteiger partial charge in [-0.05, 0) is 35.9 Å². The summed E-state index contributed by atoms with van der Waals surface area (Å²) in [5, 5.41) is 0.916. The van der Waals surface area contributed by atoms with Crippen LogP contribution in [-0.2, 0) is 6.54 Å². The smallest absolute Gasteiger partial charge is 0.253 e. The minimum absolute atomic E-state index is 0.110. The number of hydrogen-bond acceptors (Lipinski definition) is 2. The van der Waals surface area contributed by atoms with Crippen molar-refractivity contribution in [3.8, 4) is 0 Å². The van der Waals surface area contributed by atoms with Crippen LogP contribution in [0, 0.1) is 0 Å². The molecule has 0 N–H and O–H groups in total. The molecule has 0 atom stereocenters. The van der Waals surface area contributed by atoms with Crippen molar-refractivity contribution in [1.82, 2.24) is 4.90 Å². The molecule has 0 saturated carbocycles. The average molecular weight is 337 g/mol. The summed E-state index contributed by atoms with van der Waals surface area (Å²) in [6.45, 7) is 0.524. The van der Waals surface area contributed by atoms with E-state index in [1.165, 1.54) is 0 Å². The predicted molar refractivity (Wildman–Crippen MR) is 93.0 cm³/mol. The van der Waals surface area contributed by atoms with Crippen LogP contribution >= 0.6 is 23.2 Å². The molecular weight excluding hydrogens is 319 g/mol. The lowest BCUT2D eigenvalue weighted by Gasteiger charge is -2.19. The molecule has 0 aromatic heterocycles. The highest BCUT2D eigenvalue weighted by Crippen LogP contribution is 2.21. The highest BCUT2D eigenvalue weighted by atomic mass is 35.5. The molecule has 0 spiro atoms. The zero-order valence-electron chi connectivity index (χ0n) is 12.8. The van der Waals surface area contributed by atoms with Crippen LogP contribution in [0.1, 0.15) is 15.9 Å². The van der Waals surface area contributed by atoms with E-state index in [0.29, 0.717) is 22.2 Å². The normalized spacial score (nSPS) is 10.4. The van der Waals surface area contributed by atoms with Crippen LogP contribution in [0.25, 0.3) is 0 Å². The first kappa shape index (κ1) is 16.7. The Kier molecular flexibility index (Phi) is 5.33. The van der Waals surface area contributed by atoms with E-state index in [2.05, 4.69) is 0 Å². The first-order chi connectivity index (χ1) is 10.4. The molecule has 0 fully saturated rings. The molecule has 0 aliphatic rings. The SMILES string of the molecule is CN(Cc1ccc(N(C)C)cc1)C(=O)c1cc(Cl)cc(Cl)c1. The topological polar surface area (TPSA) is 23.6 Å². The summed E-state index contributed by atoms with van der Waals surface area (Å²) >= 11 is 11.9. The van der Waals surface area contributed by atoms with Gasteiger partial charge in [-0.3, -0.25) is 4.79 Å². The van der Waals surface area contributed by atoms with Crippen molar-refractivity contribution in [1.29, 1.82) is 0 Å². The van der Waals surface area contributed by atoms with E-state index < -0.39 is 0 Å². The van der Waals surface area contributed by atoms with Gasteiger partial charge in [-0.15, -0.1) is 0 Å². The van der Waals surface area contributed by atoms with Crippen LogP contribution in [0.2, 0.25) is 10.0 Å². The minimum Gasteiger partial charge on any atom is -0.378 e. The molecule has 0 heterocycles. The summed E-state index contributed by atoms with van der Waals surface area (Å²) in [6, 6.07) is 13.0. The van der Waals surface area contributed by atoms with E-state index in [0.717, 1.165) is 11.3 Å². The fraction of sp³-hybridized carbons (Fsp3) is 0.235. The number of amides is 1. The van der Waals surface area contributed by atoms with E-state index >= 15 is 0 Å². The third-order valence-corrected chi connectivity index (χ3v) is 3.77. The number of hydrogen-bond donors (Lipinski definition) is 0. The molecule has 116 valence electrons. The standard InChI is InChI=1S/C17H18Cl2N2O/c1-20(2)16-6-4-12(5-7-16)11-21(3)17(22)13-8-14(18)10-15(19)9-13/h4-10H,11H2,1-3H3. The van der Waals surface area contributed by atoms with Crippen molar-refractivity contribution in [2.75, 3.05) is 26.0 Å². The van der Waals surface area contributed by atoms with Crippen molar-refractivity contribution in [3.63, 3.8) is 0 Å². The van der Waals surface area contributed by atoms with Gasteiger partial charge in [-0.2, -0.15) is 0 Å². The minimum atomic E-state index is -0.110. The summed E-state index contributed by atoms with van der Waals surface area (Å²) in [6.07, 6.45) is 0. The zero-order valence-corrected chi connectivity index (χ0v) is 14.3. The second-order valence-corrected chi connectivity index (χ2v) is 6.25. The van der Waals surface area contributed by atoms with E-state index in [9.17, 15) is 4.79 Å². The van der Waals surface area contributed by atoms with Gasteiger partial charge in [0.1, 0.15) is 0 Å². The number of anilines is 1. The Bertz CT molecular complexity index is 649. The summed E-state index contributed by atoms with van der Waals surface area (Å²) in [4.78, 5) is 16.1. The molecular formula is C17H18Cl2N2O. The Labute approximate surface area is 141 Å². The summed E-state index contributed by atoms with van der Waals surface area (Å²) in [7, 11) is 5.75. The molecule has 0 aliphatic heterocycles. The second-order valence-electron chi connectivity index (χ2n) is 5.38. The summed E-state index contributed by atoms with van der Waals surface area (Å²) in [5.74, 6) is -0.110. The molecule has 5 heteroatoms. The molecule has 1 amide bonds. The Morgan fingerprint density at radius 3 is 2.00 bits per heavy atom. The van der Waals surface area contributed by atoms with E-state index in [1.807, 2.05) is 43.3 Å². The van der Waals surface area contributed by atoms with Gasteiger partial charge in [-0.1, -0.05) is 35.3 Å². The van der Waals surface area contributed by atoms with Crippen molar-refractivity contribution in [2.24, 2.45) is 0 Å². The van der Waals surface area contributed by atoms with Crippen molar-refractivity contribution in [2.45, 2.75) is 6.54 Å². The van der Waals surface area contributed by atoms with Crippen molar-refractivity contribution < 1.29 is 4.79 Å². The maximum Gasteiger partial charge on any atom is 0.253 e. The number of halogens is 2. The molecule has 0 aliphatic carbocycles. The zero-order chi connectivity index (χ0) is 16.3. The number of carbonyl (C=O) groups is 1. The number of carbonyl (C=O) groups excluding carboxylic acids is 1. The average Bonchev–Trinajstić information content (AvgIpc) is 2.46. The van der Waals surface area contributed by atoms with Gasteiger partial charge in [0.05, 0.1) is 0 Å². The van der Waals surface area contributed by atoms with E-state index in [1.54, 1.807) is 30.1 Å². The summed E-state index contributed by atoms with van der Waals surface area (Å²) < 4.78 is 0. The Hall–Kier alpha value is -1.71. The lowest BCUT2D eigenvalue weighted by molar-refractivity contribution is 0.0785. The maximum absolute atomic E-state index is 12.4. The first-order valence-corrected chi connectivity index (χ1v) is 7.60. The molecule has 2 aromatic carbocycles. The van der Waals surface area contributed by atoms with Crippen LogP contribution in [0.3, 0.4) is 0 Å². The predicted octanol–water partition coefficient (Wildman–Crippen LogP) is 4.33. The van der Waals surface area contributed by atoms with Crippen molar-refractivity contribution in [3.05, 3.63) is 63.6 Å². The van der Waals surface area contributed by atoms with Crippen LogP contribution < -0.4 is 4.90 Å². The fourth-order valence-corrected chi connectivity index (χ4v) is 2.67. The highest BCUT2D eigenvalue weighted by molar-refractivity contribution is 6.35. The molecule has 0 bridgehead atoms. The van der Waals surface area contributed by atoms with Crippen molar-refractivity contribution >= 4 is 34.8 Å². The van der Waals surface area contributed by atoms with Gasteiger partial charge in [0.15, 0.2) is 0 Å². The molecule has 0 unspecified atom stereocenters. The van der Waals surface area contributed by atoms with Crippen LogP contribution in [-0.4, -0.2) is 32.0 Å². The molecule has 0 radical (unpaired) electrons. The third-order valence-electron chi connectivity index (χ3n) is 3.33. The lowest BCUT2D eigenvalue weighted by atomic mass is 10.1. The number of nitrogens with zero attached hydrogens (tertiary/aromatic N) is 2. The van der Waals surface area contributed by atoms with E-state index in [-0.39, 0.29) is 5.91 Å². The van der Waals surface area contributed by atoms with Gasteiger partial charge < -0.3 is 9.80 Å². The fourth-order valence-electron chi connectivity index (χ4n) is 2.14. The highest BCUT2D eigenvalue weighted by Gasteiger charge is 2.13. The van der Waals surface area contributed by atoms with Gasteiger partial charge in [-0.25, -0.2) is 0 Å². The Balaban J connectivity index is 2.10. The maximum atomic E-state index is 12.4. The van der Waals surface area contributed by atoms with Crippen LogP contribution in [0.15, 0.2) is 42.5 Å². The van der Waals surface area contributed by atoms with Crippen LogP contribution in [0.4, 0.5) is 5.69 Å². The third kappa shape index (κ3) is 4.15. The summed E-state index contributed by atoms with van der Waals surface area (Å²) in [5.41, 5.74) is 2.68. The molecule has 22 heavy (non-hydrogen) atoms. The lowest BCUT2D eigenvalue weighted by Crippen LogP contribution is -2.26. The molecule has 2 rings (SSSR count). The van der Waals surface area contributed by atoms with Crippen LogP contribution in [0.5, 0.6) is 0 Å². The molecule has 0 saturated heterocycles. The van der Waals surface area contributed by atoms with Gasteiger partial charge in [0.25, 0.3) is 5.91 Å². The number of benzene rings is 2. The molecule has 2 aromatic rings. The van der Waals surface area contributed by atoms with Gasteiger partial charge >= 0.3 is 0 Å². The second kappa shape index (κ2) is 7.03. The van der Waals surface area contributed by atoms with Gasteiger partial charge in [0.2, 0.25) is 0 Å². The first-order valence-electron chi connectivity index (χ1n) is 6.84. The molecule has 3 nitrogen and oxygen atoms in total. The Morgan fingerprint density at radius 2 is 1.50 bits per heavy atom. The quantitative estimate of drug-likeness (QED) is 0.829. The number of rotatable bonds is 4. The largest absolute Gasteiger partial charge is 0.378 e. The monoisotopic (exact) mass is 336 g/mol.